The normalized spacial score (nSPS) is 14.2. The monoisotopic (exact) mass is 227 g/mol. The van der Waals surface area contributed by atoms with Crippen LogP contribution in [0.4, 0.5) is 0 Å². The Labute approximate surface area is 104 Å². The molecule has 1 aromatic heterocycles. The molecule has 1 aromatic carbocycles. The fourth-order valence-electron chi connectivity index (χ4n) is 2.48. The summed E-state index contributed by atoms with van der Waals surface area (Å²) in [7, 11) is 2.13. The number of aryl methyl sites for hydroxylation is 1. The van der Waals surface area contributed by atoms with E-state index in [0.717, 1.165) is 6.42 Å². The Balaban J connectivity index is 2.42. The molecule has 0 aliphatic carbocycles. The number of para-hydroxylation sites is 1. The van der Waals surface area contributed by atoms with Gasteiger partial charge < -0.3 is 4.57 Å². The number of fused-ring (bicyclic) bond motifs is 1. The molecule has 0 aliphatic heterocycles. The molecular formula is C16H21N. The van der Waals surface area contributed by atoms with E-state index < -0.39 is 0 Å². The minimum Gasteiger partial charge on any atom is -0.350 e. The summed E-state index contributed by atoms with van der Waals surface area (Å²) in [6.45, 7) is 6.64. The molecule has 0 N–H and O–H groups in total. The zero-order chi connectivity index (χ0) is 12.4. The summed E-state index contributed by atoms with van der Waals surface area (Å²) in [5.41, 5.74) is 4.25. The number of benzene rings is 1. The van der Waals surface area contributed by atoms with Gasteiger partial charge in [0.2, 0.25) is 0 Å². The predicted octanol–water partition coefficient (Wildman–Crippen LogP) is 4.64. The standard InChI is InChI=1S/C16H21N/c1-5-12(2)10-13(3)15-11-17(4)16-9-7-6-8-14(15)16/h5-9,11,13H,10H2,1-4H3/b12-5+. The van der Waals surface area contributed by atoms with E-state index in [2.05, 4.69) is 68.9 Å². The van der Waals surface area contributed by atoms with Crippen molar-refractivity contribution in [3.63, 3.8) is 0 Å². The van der Waals surface area contributed by atoms with E-state index >= 15 is 0 Å². The van der Waals surface area contributed by atoms with Gasteiger partial charge in [-0.25, -0.2) is 0 Å². The van der Waals surface area contributed by atoms with Gasteiger partial charge in [-0.2, -0.15) is 0 Å². The number of allylic oxidation sites excluding steroid dienone is 2. The highest BCUT2D eigenvalue weighted by atomic mass is 14.9. The minimum absolute atomic E-state index is 0.581. The van der Waals surface area contributed by atoms with Crippen LogP contribution in [0.3, 0.4) is 0 Å². The molecule has 1 unspecified atom stereocenters. The smallest absolute Gasteiger partial charge is 0.0480 e. The first-order valence-corrected chi connectivity index (χ1v) is 6.29. The third-order valence-corrected chi connectivity index (χ3v) is 3.58. The fraction of sp³-hybridized carbons (Fsp3) is 0.375. The molecule has 90 valence electrons. The van der Waals surface area contributed by atoms with Crippen molar-refractivity contribution < 1.29 is 0 Å². The lowest BCUT2D eigenvalue weighted by molar-refractivity contribution is 0.751. The predicted molar refractivity (Wildman–Crippen MR) is 75.4 cm³/mol. The molecule has 1 heteroatoms. The van der Waals surface area contributed by atoms with E-state index in [-0.39, 0.29) is 0 Å². The van der Waals surface area contributed by atoms with Crippen LogP contribution in [0.1, 0.15) is 38.7 Å². The Morgan fingerprint density at radius 1 is 1.35 bits per heavy atom. The maximum atomic E-state index is 2.31. The summed E-state index contributed by atoms with van der Waals surface area (Å²) in [6.07, 6.45) is 5.63. The van der Waals surface area contributed by atoms with E-state index in [9.17, 15) is 0 Å². The van der Waals surface area contributed by atoms with Crippen LogP contribution >= 0.6 is 0 Å². The molecule has 0 bridgehead atoms. The Morgan fingerprint density at radius 3 is 2.76 bits per heavy atom. The van der Waals surface area contributed by atoms with Crippen LogP contribution in [0, 0.1) is 0 Å². The second-order valence-electron chi connectivity index (χ2n) is 4.95. The van der Waals surface area contributed by atoms with Crippen molar-refractivity contribution in [2.45, 2.75) is 33.1 Å². The van der Waals surface area contributed by atoms with Gasteiger partial charge in [0.1, 0.15) is 0 Å². The zero-order valence-corrected chi connectivity index (χ0v) is 11.2. The lowest BCUT2D eigenvalue weighted by atomic mass is 9.94. The molecule has 2 aromatic rings. The van der Waals surface area contributed by atoms with Crippen LogP contribution < -0.4 is 0 Å². The third kappa shape index (κ3) is 2.28. The Hall–Kier alpha value is -1.50. The van der Waals surface area contributed by atoms with Crippen molar-refractivity contribution >= 4 is 10.9 Å². The van der Waals surface area contributed by atoms with Crippen LogP contribution in [-0.4, -0.2) is 4.57 Å². The van der Waals surface area contributed by atoms with Crippen molar-refractivity contribution in [2.24, 2.45) is 7.05 Å². The molecule has 0 amide bonds. The second-order valence-corrected chi connectivity index (χ2v) is 4.95. The van der Waals surface area contributed by atoms with Gasteiger partial charge in [0.25, 0.3) is 0 Å². The average molecular weight is 227 g/mol. The quantitative estimate of drug-likeness (QED) is 0.673. The number of aromatic nitrogens is 1. The molecule has 1 heterocycles. The van der Waals surface area contributed by atoms with Gasteiger partial charge in [0, 0.05) is 24.1 Å². The number of hydrogen-bond acceptors (Lipinski definition) is 0. The number of hydrogen-bond donors (Lipinski definition) is 0. The zero-order valence-electron chi connectivity index (χ0n) is 11.2. The molecular weight excluding hydrogens is 206 g/mol. The Bertz CT molecular complexity index is 546. The highest BCUT2D eigenvalue weighted by molar-refractivity contribution is 5.84. The van der Waals surface area contributed by atoms with E-state index in [1.807, 2.05) is 0 Å². The van der Waals surface area contributed by atoms with E-state index in [0.29, 0.717) is 5.92 Å². The van der Waals surface area contributed by atoms with Crippen LogP contribution in [0.15, 0.2) is 42.1 Å². The van der Waals surface area contributed by atoms with Crippen LogP contribution in [-0.2, 0) is 7.05 Å². The molecule has 0 fully saturated rings. The summed E-state index contributed by atoms with van der Waals surface area (Å²) in [5.74, 6) is 0.581. The second kappa shape index (κ2) is 4.79. The highest BCUT2D eigenvalue weighted by Gasteiger charge is 2.12. The van der Waals surface area contributed by atoms with Crippen molar-refractivity contribution in [3.8, 4) is 0 Å². The number of rotatable bonds is 3. The van der Waals surface area contributed by atoms with Crippen LogP contribution in [0.2, 0.25) is 0 Å². The molecule has 0 aliphatic rings. The van der Waals surface area contributed by atoms with Gasteiger partial charge in [-0.3, -0.25) is 0 Å². The van der Waals surface area contributed by atoms with Crippen LogP contribution in [0.5, 0.6) is 0 Å². The first-order chi connectivity index (χ1) is 8.13. The van der Waals surface area contributed by atoms with Gasteiger partial charge in [-0.15, -0.1) is 0 Å². The van der Waals surface area contributed by atoms with E-state index in [1.165, 1.54) is 22.0 Å². The number of nitrogens with zero attached hydrogens (tertiary/aromatic N) is 1. The van der Waals surface area contributed by atoms with Crippen molar-refractivity contribution in [3.05, 3.63) is 47.7 Å². The van der Waals surface area contributed by atoms with Crippen molar-refractivity contribution in [1.82, 2.24) is 4.57 Å². The van der Waals surface area contributed by atoms with Crippen molar-refractivity contribution in [1.29, 1.82) is 0 Å². The summed E-state index contributed by atoms with van der Waals surface area (Å²) < 4.78 is 2.23. The minimum atomic E-state index is 0.581. The summed E-state index contributed by atoms with van der Waals surface area (Å²) >= 11 is 0. The summed E-state index contributed by atoms with van der Waals surface area (Å²) in [5, 5.41) is 1.39. The molecule has 0 spiro atoms. The van der Waals surface area contributed by atoms with Gasteiger partial charge >= 0.3 is 0 Å². The van der Waals surface area contributed by atoms with Gasteiger partial charge in [0.05, 0.1) is 0 Å². The first kappa shape index (κ1) is 12.0. The fourth-order valence-corrected chi connectivity index (χ4v) is 2.48. The van der Waals surface area contributed by atoms with Gasteiger partial charge in [0.15, 0.2) is 0 Å². The lowest BCUT2D eigenvalue weighted by Gasteiger charge is -2.10. The van der Waals surface area contributed by atoms with Gasteiger partial charge in [-0.05, 0) is 37.8 Å². The molecule has 0 saturated carbocycles. The first-order valence-electron chi connectivity index (χ1n) is 6.29. The van der Waals surface area contributed by atoms with E-state index in [4.69, 9.17) is 0 Å². The molecule has 0 radical (unpaired) electrons. The van der Waals surface area contributed by atoms with E-state index in [1.54, 1.807) is 0 Å². The van der Waals surface area contributed by atoms with Crippen LogP contribution in [0.25, 0.3) is 10.9 Å². The maximum Gasteiger partial charge on any atom is 0.0480 e. The molecule has 17 heavy (non-hydrogen) atoms. The van der Waals surface area contributed by atoms with Crippen molar-refractivity contribution in [2.75, 3.05) is 0 Å². The summed E-state index contributed by atoms with van der Waals surface area (Å²) in [6, 6.07) is 8.65. The average Bonchev–Trinajstić information content (AvgIpc) is 2.67. The topological polar surface area (TPSA) is 4.93 Å². The molecule has 1 atom stereocenters. The highest BCUT2D eigenvalue weighted by Crippen LogP contribution is 2.30. The van der Waals surface area contributed by atoms with Gasteiger partial charge in [-0.1, -0.05) is 36.8 Å². The lowest BCUT2D eigenvalue weighted by Crippen LogP contribution is -1.93. The Morgan fingerprint density at radius 2 is 2.06 bits per heavy atom. The molecule has 2 rings (SSSR count). The molecule has 0 saturated heterocycles. The SMILES string of the molecule is C/C=C(\C)CC(C)c1cn(C)c2ccccc12. The molecule has 1 nitrogen and oxygen atoms in total. The summed E-state index contributed by atoms with van der Waals surface area (Å²) in [4.78, 5) is 0. The largest absolute Gasteiger partial charge is 0.350 e. The third-order valence-electron chi connectivity index (χ3n) is 3.58. The maximum absolute atomic E-state index is 2.31. The Kier molecular flexibility index (Phi) is 3.37.